The lowest BCUT2D eigenvalue weighted by molar-refractivity contribution is -0.627. The number of benzene rings is 3. The molecule has 0 saturated carbocycles. The number of aryl methyl sites for hydroxylation is 1. The number of aromatic nitrogens is 1. The molecule has 0 fully saturated rings. The van der Waals surface area contributed by atoms with Crippen LogP contribution in [0.4, 0.5) is 16.5 Å². The Kier molecular flexibility index (Phi) is 6.05. The van der Waals surface area contributed by atoms with Gasteiger partial charge in [0.25, 0.3) is 0 Å². The SMILES string of the molecule is CCN(Cc1ccccc1)c1ccc(N=Nc2sc3cc(OC)ccc3[n+]2C)cc1. The molecule has 0 aliphatic heterocycles. The van der Waals surface area contributed by atoms with Gasteiger partial charge in [-0.05, 0) is 65.3 Å². The number of thiazole rings is 1. The van der Waals surface area contributed by atoms with Crippen molar-refractivity contribution in [3.05, 3.63) is 78.4 Å². The number of anilines is 1. The summed E-state index contributed by atoms with van der Waals surface area (Å²) in [5.41, 5.74) is 4.44. The number of azo groups is 1. The van der Waals surface area contributed by atoms with Gasteiger partial charge in [0.15, 0.2) is 0 Å². The maximum Gasteiger partial charge on any atom is 0.409 e. The molecule has 30 heavy (non-hydrogen) atoms. The number of ether oxygens (including phenoxy) is 1. The van der Waals surface area contributed by atoms with Crippen molar-refractivity contribution in [3.63, 3.8) is 0 Å². The number of methoxy groups -OCH3 is 1. The van der Waals surface area contributed by atoms with Crippen LogP contribution in [0.15, 0.2) is 83.0 Å². The number of fused-ring (bicyclic) bond motifs is 1. The van der Waals surface area contributed by atoms with Crippen molar-refractivity contribution < 1.29 is 9.30 Å². The molecule has 0 saturated heterocycles. The molecule has 0 bridgehead atoms. The number of hydrogen-bond acceptors (Lipinski definition) is 5. The zero-order chi connectivity index (χ0) is 20.9. The molecule has 0 amide bonds. The molecule has 3 aromatic carbocycles. The Hall–Kier alpha value is -3.25. The van der Waals surface area contributed by atoms with Gasteiger partial charge in [-0.25, -0.2) is 4.57 Å². The van der Waals surface area contributed by atoms with Crippen LogP contribution in [0.25, 0.3) is 10.2 Å². The molecule has 0 atom stereocenters. The van der Waals surface area contributed by atoms with Crippen molar-refractivity contribution >= 4 is 38.1 Å². The highest BCUT2D eigenvalue weighted by Gasteiger charge is 2.16. The van der Waals surface area contributed by atoms with E-state index >= 15 is 0 Å². The third-order valence-corrected chi connectivity index (χ3v) is 6.17. The predicted molar refractivity (Wildman–Crippen MR) is 123 cm³/mol. The quantitative estimate of drug-likeness (QED) is 0.266. The highest BCUT2D eigenvalue weighted by Crippen LogP contribution is 2.30. The van der Waals surface area contributed by atoms with E-state index < -0.39 is 0 Å². The average Bonchev–Trinajstić information content (AvgIpc) is 3.12. The van der Waals surface area contributed by atoms with E-state index in [1.165, 1.54) is 11.3 Å². The van der Waals surface area contributed by atoms with E-state index in [1.54, 1.807) is 18.4 Å². The predicted octanol–water partition coefficient (Wildman–Crippen LogP) is 6.18. The third kappa shape index (κ3) is 4.33. The van der Waals surface area contributed by atoms with Crippen LogP contribution in [0.1, 0.15) is 12.5 Å². The lowest BCUT2D eigenvalue weighted by Crippen LogP contribution is -2.25. The van der Waals surface area contributed by atoms with Gasteiger partial charge in [0, 0.05) is 24.8 Å². The second kappa shape index (κ2) is 9.05. The van der Waals surface area contributed by atoms with Crippen molar-refractivity contribution in [1.29, 1.82) is 0 Å². The number of hydrogen-bond donors (Lipinski definition) is 0. The minimum atomic E-state index is 0.838. The van der Waals surface area contributed by atoms with E-state index in [9.17, 15) is 0 Å². The molecule has 152 valence electrons. The molecule has 1 heterocycles. The topological polar surface area (TPSA) is 41.1 Å². The van der Waals surface area contributed by atoms with Crippen LogP contribution < -0.4 is 14.2 Å². The highest BCUT2D eigenvalue weighted by atomic mass is 32.1. The summed E-state index contributed by atoms with van der Waals surface area (Å²) in [5, 5.41) is 9.78. The largest absolute Gasteiger partial charge is 0.497 e. The zero-order valence-corrected chi connectivity index (χ0v) is 18.3. The summed E-state index contributed by atoms with van der Waals surface area (Å²) in [7, 11) is 3.68. The summed E-state index contributed by atoms with van der Waals surface area (Å²) in [6.07, 6.45) is 0. The Morgan fingerprint density at radius 2 is 1.73 bits per heavy atom. The van der Waals surface area contributed by atoms with Crippen molar-refractivity contribution in [2.45, 2.75) is 13.5 Å². The van der Waals surface area contributed by atoms with Crippen molar-refractivity contribution in [2.24, 2.45) is 17.3 Å². The molecular weight excluding hydrogens is 392 g/mol. The van der Waals surface area contributed by atoms with E-state index in [0.717, 1.165) is 39.9 Å². The van der Waals surface area contributed by atoms with E-state index in [1.807, 2.05) is 43.4 Å². The summed E-state index contributed by atoms with van der Waals surface area (Å²) >= 11 is 1.60. The van der Waals surface area contributed by atoms with Gasteiger partial charge in [0.2, 0.25) is 0 Å². The van der Waals surface area contributed by atoms with Gasteiger partial charge in [-0.1, -0.05) is 30.3 Å². The van der Waals surface area contributed by atoms with Gasteiger partial charge >= 0.3 is 5.13 Å². The van der Waals surface area contributed by atoms with Crippen LogP contribution in [0.3, 0.4) is 0 Å². The van der Waals surface area contributed by atoms with E-state index in [-0.39, 0.29) is 0 Å². The van der Waals surface area contributed by atoms with E-state index in [2.05, 4.69) is 63.0 Å². The fraction of sp³-hybridized carbons (Fsp3) is 0.208. The Bertz CT molecular complexity index is 1150. The smallest absolute Gasteiger partial charge is 0.409 e. The van der Waals surface area contributed by atoms with Crippen LogP contribution in [0.5, 0.6) is 5.75 Å². The monoisotopic (exact) mass is 417 g/mol. The summed E-state index contributed by atoms with van der Waals surface area (Å²) in [5.74, 6) is 0.847. The zero-order valence-electron chi connectivity index (χ0n) is 17.4. The first-order valence-electron chi connectivity index (χ1n) is 9.95. The van der Waals surface area contributed by atoms with Crippen LogP contribution in [-0.4, -0.2) is 13.7 Å². The molecule has 6 heteroatoms. The van der Waals surface area contributed by atoms with E-state index in [4.69, 9.17) is 4.74 Å². The first kappa shape index (κ1) is 20.0. The Morgan fingerprint density at radius 1 is 0.967 bits per heavy atom. The second-order valence-electron chi connectivity index (χ2n) is 6.99. The van der Waals surface area contributed by atoms with Gasteiger partial charge < -0.3 is 9.64 Å². The molecule has 4 aromatic rings. The molecule has 0 spiro atoms. The normalized spacial score (nSPS) is 11.3. The second-order valence-corrected chi connectivity index (χ2v) is 8.00. The minimum absolute atomic E-state index is 0.838. The molecule has 4 rings (SSSR count). The summed E-state index contributed by atoms with van der Waals surface area (Å²) in [4.78, 5) is 2.34. The Morgan fingerprint density at radius 3 is 2.43 bits per heavy atom. The van der Waals surface area contributed by atoms with Gasteiger partial charge in [-0.2, -0.15) is 0 Å². The fourth-order valence-electron chi connectivity index (χ4n) is 3.36. The minimum Gasteiger partial charge on any atom is -0.497 e. The van der Waals surface area contributed by atoms with E-state index in [0.29, 0.717) is 0 Å². The molecule has 0 radical (unpaired) electrons. The number of rotatable bonds is 7. The summed E-state index contributed by atoms with van der Waals surface area (Å²) in [6, 6.07) is 24.8. The summed E-state index contributed by atoms with van der Waals surface area (Å²) < 4.78 is 8.49. The Labute approximate surface area is 180 Å². The molecule has 0 unspecified atom stereocenters. The van der Waals surface area contributed by atoms with Gasteiger partial charge in [0.1, 0.15) is 17.0 Å². The molecule has 5 nitrogen and oxygen atoms in total. The lowest BCUT2D eigenvalue weighted by atomic mass is 10.2. The van der Waals surface area contributed by atoms with Gasteiger partial charge in [-0.15, -0.1) is 0 Å². The molecular formula is C24H25N4OS+. The van der Waals surface area contributed by atoms with Gasteiger partial charge in [0.05, 0.1) is 24.0 Å². The maximum absolute atomic E-state index is 5.32. The number of nitrogens with zero attached hydrogens (tertiary/aromatic N) is 4. The third-order valence-electron chi connectivity index (χ3n) is 5.08. The maximum atomic E-state index is 5.32. The van der Waals surface area contributed by atoms with Crippen molar-refractivity contribution in [3.8, 4) is 5.75 Å². The molecule has 1 aromatic heterocycles. The highest BCUT2D eigenvalue weighted by molar-refractivity contribution is 7.21. The average molecular weight is 418 g/mol. The standard InChI is InChI=1S/C24H25N4OS/c1-4-28(17-18-8-6-5-7-9-18)20-12-10-19(11-13-20)25-26-24-27(2)22-15-14-21(29-3)16-23(22)30-24/h5-16H,4,17H2,1-3H3/q+1. The summed E-state index contributed by atoms with van der Waals surface area (Å²) in [6.45, 7) is 4.00. The Balaban J connectivity index is 1.51. The van der Waals surface area contributed by atoms with Gasteiger partial charge in [-0.3, -0.25) is 0 Å². The fourth-order valence-corrected chi connectivity index (χ4v) is 4.36. The first-order valence-corrected chi connectivity index (χ1v) is 10.8. The lowest BCUT2D eigenvalue weighted by Gasteiger charge is -2.23. The molecule has 0 aliphatic rings. The van der Waals surface area contributed by atoms with Crippen LogP contribution in [0, 0.1) is 0 Å². The van der Waals surface area contributed by atoms with Crippen molar-refractivity contribution in [1.82, 2.24) is 0 Å². The van der Waals surface area contributed by atoms with Crippen LogP contribution >= 0.6 is 11.3 Å². The van der Waals surface area contributed by atoms with Crippen LogP contribution in [-0.2, 0) is 13.6 Å². The van der Waals surface area contributed by atoms with Crippen molar-refractivity contribution in [2.75, 3.05) is 18.6 Å². The first-order chi connectivity index (χ1) is 14.7. The van der Waals surface area contributed by atoms with Crippen LogP contribution in [0.2, 0.25) is 0 Å². The molecule has 0 aliphatic carbocycles. The molecule has 0 N–H and O–H groups in total.